The molecule has 118 valence electrons. The average molecular weight is 317 g/mol. The Labute approximate surface area is 123 Å². The number of nitrogens with two attached hydrogens (primary N) is 1. The molecule has 0 aliphatic rings. The van der Waals surface area contributed by atoms with Crippen molar-refractivity contribution in [2.24, 2.45) is 5.73 Å². The quantitative estimate of drug-likeness (QED) is 0.517. The van der Waals surface area contributed by atoms with Gasteiger partial charge in [0.2, 0.25) is 5.82 Å². The zero-order valence-corrected chi connectivity index (χ0v) is 11.2. The molecular weight excluding hydrogens is 305 g/mol. The zero-order chi connectivity index (χ0) is 16.4. The van der Waals surface area contributed by atoms with Crippen LogP contribution in [0.1, 0.15) is 17.2 Å². The maximum absolute atomic E-state index is 13.6. The van der Waals surface area contributed by atoms with Crippen LogP contribution in [-0.2, 0) is 6.42 Å². The molecule has 3 N–H and O–H groups in total. The molecule has 7 heteroatoms. The van der Waals surface area contributed by atoms with Gasteiger partial charge < -0.3 is 10.8 Å². The summed E-state index contributed by atoms with van der Waals surface area (Å²) in [6.45, 7) is 0. The second-order valence-corrected chi connectivity index (χ2v) is 4.77. The summed E-state index contributed by atoms with van der Waals surface area (Å²) in [4.78, 5) is 0. The summed E-state index contributed by atoms with van der Waals surface area (Å²) >= 11 is 0. The Kier molecular flexibility index (Phi) is 4.77. The summed E-state index contributed by atoms with van der Waals surface area (Å²) in [5, 5.41) is 9.93. The predicted octanol–water partition coefficient (Wildman–Crippen LogP) is 2.99. The third kappa shape index (κ3) is 2.95. The molecule has 0 aliphatic heterocycles. The Bertz CT molecular complexity index is 648. The number of benzene rings is 2. The molecule has 2 rings (SSSR count). The van der Waals surface area contributed by atoms with E-state index < -0.39 is 46.8 Å². The highest BCUT2D eigenvalue weighted by Crippen LogP contribution is 2.29. The molecule has 22 heavy (non-hydrogen) atoms. The van der Waals surface area contributed by atoms with Crippen molar-refractivity contribution < 1.29 is 27.1 Å². The van der Waals surface area contributed by atoms with Crippen LogP contribution in [0, 0.1) is 29.1 Å². The number of hydrogen-bond acceptors (Lipinski definition) is 2. The second kappa shape index (κ2) is 6.41. The first kappa shape index (κ1) is 16.4. The SMILES string of the molecule is N[C@H](c1c(F)c(F)c(F)c(F)c1F)[C@@H](O)Cc1ccccc1. The van der Waals surface area contributed by atoms with Crippen LogP contribution in [0.15, 0.2) is 30.3 Å². The standard InChI is InChI=1S/C15H12F5NO/c16-10-9(11(17)13(19)14(20)12(10)18)15(21)8(22)6-7-4-2-1-3-5-7/h1-5,8,15,22H,6,21H2/t8-,15-/m0/s1. The van der Waals surface area contributed by atoms with Crippen LogP contribution >= 0.6 is 0 Å². The maximum atomic E-state index is 13.6. The highest BCUT2D eigenvalue weighted by molar-refractivity contribution is 5.28. The van der Waals surface area contributed by atoms with Gasteiger partial charge in [0, 0.05) is 12.0 Å². The van der Waals surface area contributed by atoms with E-state index in [1.165, 1.54) is 0 Å². The van der Waals surface area contributed by atoms with Gasteiger partial charge in [0.1, 0.15) is 0 Å². The van der Waals surface area contributed by atoms with E-state index in [9.17, 15) is 27.1 Å². The Balaban J connectivity index is 2.35. The number of rotatable bonds is 4. The van der Waals surface area contributed by atoms with E-state index in [-0.39, 0.29) is 6.42 Å². The van der Waals surface area contributed by atoms with Gasteiger partial charge in [-0.15, -0.1) is 0 Å². The lowest BCUT2D eigenvalue weighted by Crippen LogP contribution is -2.31. The molecule has 2 nitrogen and oxygen atoms in total. The first-order valence-corrected chi connectivity index (χ1v) is 6.33. The van der Waals surface area contributed by atoms with Crippen molar-refractivity contribution >= 4 is 0 Å². The minimum absolute atomic E-state index is 0.0957. The first-order chi connectivity index (χ1) is 10.3. The van der Waals surface area contributed by atoms with Crippen molar-refractivity contribution in [2.45, 2.75) is 18.6 Å². The van der Waals surface area contributed by atoms with Crippen LogP contribution in [0.4, 0.5) is 22.0 Å². The van der Waals surface area contributed by atoms with Crippen molar-refractivity contribution in [1.82, 2.24) is 0 Å². The largest absolute Gasteiger partial charge is 0.391 e. The fourth-order valence-electron chi connectivity index (χ4n) is 2.09. The van der Waals surface area contributed by atoms with Gasteiger partial charge in [-0.25, -0.2) is 22.0 Å². The summed E-state index contributed by atoms with van der Waals surface area (Å²) in [6.07, 6.45) is -1.61. The summed E-state index contributed by atoms with van der Waals surface area (Å²) < 4.78 is 66.6. The van der Waals surface area contributed by atoms with Crippen molar-refractivity contribution in [2.75, 3.05) is 0 Å². The molecule has 0 amide bonds. The van der Waals surface area contributed by atoms with Crippen LogP contribution in [0.3, 0.4) is 0 Å². The average Bonchev–Trinajstić information content (AvgIpc) is 2.52. The van der Waals surface area contributed by atoms with Gasteiger partial charge in [0.25, 0.3) is 0 Å². The van der Waals surface area contributed by atoms with Gasteiger partial charge in [0.05, 0.1) is 12.1 Å². The summed E-state index contributed by atoms with van der Waals surface area (Å²) in [6, 6.07) is 6.57. The molecule has 0 saturated carbocycles. The maximum Gasteiger partial charge on any atom is 0.200 e. The monoisotopic (exact) mass is 317 g/mol. The Hall–Kier alpha value is -1.99. The molecule has 0 bridgehead atoms. The Morgan fingerprint density at radius 3 is 1.77 bits per heavy atom. The molecule has 2 aromatic carbocycles. The van der Waals surface area contributed by atoms with E-state index >= 15 is 0 Å². The molecule has 0 radical (unpaired) electrons. The van der Waals surface area contributed by atoms with Crippen molar-refractivity contribution in [3.63, 3.8) is 0 Å². The molecule has 2 atom stereocenters. The van der Waals surface area contributed by atoms with E-state index in [1.807, 2.05) is 0 Å². The second-order valence-electron chi connectivity index (χ2n) is 4.77. The summed E-state index contributed by atoms with van der Waals surface area (Å²) in [5.74, 6) is -10.5. The molecular formula is C15H12F5NO. The Morgan fingerprint density at radius 2 is 1.27 bits per heavy atom. The minimum Gasteiger partial charge on any atom is -0.391 e. The van der Waals surface area contributed by atoms with Crippen LogP contribution < -0.4 is 5.73 Å². The first-order valence-electron chi connectivity index (χ1n) is 6.33. The lowest BCUT2D eigenvalue weighted by Gasteiger charge is -2.21. The molecule has 0 aromatic heterocycles. The topological polar surface area (TPSA) is 46.2 Å². The van der Waals surface area contributed by atoms with Gasteiger partial charge in [-0.2, -0.15) is 0 Å². The van der Waals surface area contributed by atoms with Crippen LogP contribution in [-0.4, -0.2) is 11.2 Å². The number of aliphatic hydroxyl groups is 1. The minimum atomic E-state index is -2.26. The van der Waals surface area contributed by atoms with E-state index in [0.29, 0.717) is 5.56 Å². The normalized spacial score (nSPS) is 14.0. The molecule has 0 unspecified atom stereocenters. The molecule has 0 saturated heterocycles. The molecule has 2 aromatic rings. The van der Waals surface area contributed by atoms with Crippen molar-refractivity contribution in [3.8, 4) is 0 Å². The van der Waals surface area contributed by atoms with E-state index in [2.05, 4.69) is 0 Å². The fourth-order valence-corrected chi connectivity index (χ4v) is 2.09. The third-order valence-corrected chi connectivity index (χ3v) is 3.28. The van der Waals surface area contributed by atoms with Gasteiger partial charge >= 0.3 is 0 Å². The predicted molar refractivity (Wildman–Crippen MR) is 69.3 cm³/mol. The molecule has 0 fully saturated rings. The number of hydrogen-bond donors (Lipinski definition) is 2. The van der Waals surface area contributed by atoms with E-state index in [0.717, 1.165) is 0 Å². The number of aliphatic hydroxyl groups excluding tert-OH is 1. The van der Waals surface area contributed by atoms with Crippen LogP contribution in [0.25, 0.3) is 0 Å². The highest BCUT2D eigenvalue weighted by Gasteiger charge is 2.31. The summed E-state index contributed by atoms with van der Waals surface area (Å²) in [5.41, 5.74) is 4.87. The zero-order valence-electron chi connectivity index (χ0n) is 11.2. The molecule has 0 heterocycles. The van der Waals surface area contributed by atoms with Gasteiger partial charge in [-0.3, -0.25) is 0 Å². The molecule has 0 spiro atoms. The highest BCUT2D eigenvalue weighted by atomic mass is 19.2. The van der Waals surface area contributed by atoms with Gasteiger partial charge in [-0.1, -0.05) is 30.3 Å². The number of halogens is 5. The van der Waals surface area contributed by atoms with Crippen molar-refractivity contribution in [3.05, 3.63) is 70.5 Å². The van der Waals surface area contributed by atoms with Crippen LogP contribution in [0.2, 0.25) is 0 Å². The smallest absolute Gasteiger partial charge is 0.200 e. The third-order valence-electron chi connectivity index (χ3n) is 3.28. The summed E-state index contributed by atoms with van der Waals surface area (Å²) in [7, 11) is 0. The van der Waals surface area contributed by atoms with E-state index in [1.54, 1.807) is 30.3 Å². The van der Waals surface area contributed by atoms with Gasteiger partial charge in [0.15, 0.2) is 23.3 Å². The van der Waals surface area contributed by atoms with Crippen molar-refractivity contribution in [1.29, 1.82) is 0 Å². The van der Waals surface area contributed by atoms with E-state index in [4.69, 9.17) is 5.73 Å². The lowest BCUT2D eigenvalue weighted by atomic mass is 9.95. The lowest BCUT2D eigenvalue weighted by molar-refractivity contribution is 0.140. The fraction of sp³-hybridized carbons (Fsp3) is 0.200. The van der Waals surface area contributed by atoms with Crippen LogP contribution in [0.5, 0.6) is 0 Å². The van der Waals surface area contributed by atoms with Gasteiger partial charge in [-0.05, 0) is 5.56 Å². The molecule has 0 aliphatic carbocycles. The Morgan fingerprint density at radius 1 is 0.818 bits per heavy atom.